The zero-order chi connectivity index (χ0) is 14.0. The van der Waals surface area contributed by atoms with Gasteiger partial charge in [-0.05, 0) is 31.9 Å². The normalized spacial score (nSPS) is 23.2. The molecule has 0 aliphatic carbocycles. The molecule has 2 rings (SSSR count). The molecule has 19 heavy (non-hydrogen) atoms. The highest BCUT2D eigenvalue weighted by molar-refractivity contribution is 5.95. The SMILES string of the molecule is CC1(C(=O)O)CCCN(C(=O)c2ccccc2F)C1. The topological polar surface area (TPSA) is 57.6 Å². The van der Waals surface area contributed by atoms with Crippen molar-refractivity contribution in [3.63, 3.8) is 0 Å². The number of carboxylic acid groups (broad SMARTS) is 1. The highest BCUT2D eigenvalue weighted by atomic mass is 19.1. The van der Waals surface area contributed by atoms with E-state index in [4.69, 9.17) is 0 Å². The van der Waals surface area contributed by atoms with Gasteiger partial charge < -0.3 is 10.0 Å². The minimum atomic E-state index is -0.945. The summed E-state index contributed by atoms with van der Waals surface area (Å²) in [6.07, 6.45) is 1.15. The van der Waals surface area contributed by atoms with Crippen LogP contribution in [0.5, 0.6) is 0 Å². The monoisotopic (exact) mass is 265 g/mol. The van der Waals surface area contributed by atoms with Gasteiger partial charge in [0, 0.05) is 13.1 Å². The van der Waals surface area contributed by atoms with Gasteiger partial charge in [0.1, 0.15) is 5.82 Å². The molecular weight excluding hydrogens is 249 g/mol. The van der Waals surface area contributed by atoms with E-state index in [1.807, 2.05) is 0 Å². The molecule has 5 heteroatoms. The van der Waals surface area contributed by atoms with Gasteiger partial charge in [0.05, 0.1) is 11.0 Å². The first-order valence-corrected chi connectivity index (χ1v) is 6.21. The van der Waals surface area contributed by atoms with E-state index in [1.54, 1.807) is 13.0 Å². The number of carbonyl (C=O) groups excluding carboxylic acids is 1. The number of rotatable bonds is 2. The van der Waals surface area contributed by atoms with Crippen LogP contribution in [0.25, 0.3) is 0 Å². The standard InChI is InChI=1S/C14H16FNO3/c1-14(13(18)19)7-4-8-16(9-14)12(17)10-5-2-3-6-11(10)15/h2-3,5-6H,4,7-9H2,1H3,(H,18,19). The predicted molar refractivity (Wildman–Crippen MR) is 67.3 cm³/mol. The largest absolute Gasteiger partial charge is 0.481 e. The van der Waals surface area contributed by atoms with E-state index in [2.05, 4.69) is 0 Å². The second-order valence-electron chi connectivity index (χ2n) is 5.18. The lowest BCUT2D eigenvalue weighted by Gasteiger charge is -2.37. The summed E-state index contributed by atoms with van der Waals surface area (Å²) >= 11 is 0. The summed E-state index contributed by atoms with van der Waals surface area (Å²) in [7, 11) is 0. The van der Waals surface area contributed by atoms with Gasteiger partial charge in [-0.2, -0.15) is 0 Å². The van der Waals surface area contributed by atoms with Crippen LogP contribution in [0.3, 0.4) is 0 Å². The fourth-order valence-electron chi connectivity index (χ4n) is 2.39. The van der Waals surface area contributed by atoms with Crippen LogP contribution in [0.1, 0.15) is 30.1 Å². The van der Waals surface area contributed by atoms with E-state index < -0.39 is 23.1 Å². The Balaban J connectivity index is 2.21. The van der Waals surface area contributed by atoms with Gasteiger partial charge in [-0.1, -0.05) is 12.1 Å². The zero-order valence-corrected chi connectivity index (χ0v) is 10.7. The van der Waals surface area contributed by atoms with Crippen molar-refractivity contribution in [2.24, 2.45) is 5.41 Å². The van der Waals surface area contributed by atoms with Crippen molar-refractivity contribution in [1.82, 2.24) is 4.90 Å². The molecule has 1 unspecified atom stereocenters. The molecule has 1 aromatic rings. The van der Waals surface area contributed by atoms with E-state index in [0.717, 1.165) is 0 Å². The van der Waals surface area contributed by atoms with Crippen molar-refractivity contribution < 1.29 is 19.1 Å². The van der Waals surface area contributed by atoms with Crippen molar-refractivity contribution in [1.29, 1.82) is 0 Å². The second-order valence-corrected chi connectivity index (χ2v) is 5.18. The molecule has 1 aliphatic heterocycles. The summed E-state index contributed by atoms with van der Waals surface area (Å²) in [5.41, 5.74) is -0.948. The number of amides is 1. The molecule has 4 nitrogen and oxygen atoms in total. The highest BCUT2D eigenvalue weighted by Crippen LogP contribution is 2.30. The van der Waals surface area contributed by atoms with Crippen molar-refractivity contribution in [2.75, 3.05) is 13.1 Å². The Bertz CT molecular complexity index is 517. The maximum Gasteiger partial charge on any atom is 0.311 e. The van der Waals surface area contributed by atoms with Crippen LogP contribution in [-0.4, -0.2) is 35.0 Å². The fraction of sp³-hybridized carbons (Fsp3) is 0.429. The highest BCUT2D eigenvalue weighted by Gasteiger charge is 2.39. The molecule has 1 amide bonds. The van der Waals surface area contributed by atoms with Crippen LogP contribution in [0, 0.1) is 11.2 Å². The van der Waals surface area contributed by atoms with Crippen molar-refractivity contribution in [2.45, 2.75) is 19.8 Å². The molecule has 1 atom stereocenters. The van der Waals surface area contributed by atoms with E-state index >= 15 is 0 Å². The zero-order valence-electron chi connectivity index (χ0n) is 10.7. The Morgan fingerprint density at radius 2 is 2.05 bits per heavy atom. The van der Waals surface area contributed by atoms with Gasteiger partial charge in [0.15, 0.2) is 0 Å². The summed E-state index contributed by atoms with van der Waals surface area (Å²) in [4.78, 5) is 24.9. The maximum atomic E-state index is 13.6. The molecule has 1 saturated heterocycles. The number of hydrogen-bond acceptors (Lipinski definition) is 2. The van der Waals surface area contributed by atoms with E-state index in [-0.39, 0.29) is 12.1 Å². The van der Waals surface area contributed by atoms with E-state index in [0.29, 0.717) is 19.4 Å². The first-order chi connectivity index (χ1) is 8.94. The van der Waals surface area contributed by atoms with Gasteiger partial charge >= 0.3 is 5.97 Å². The second kappa shape index (κ2) is 4.99. The van der Waals surface area contributed by atoms with Gasteiger partial charge in [-0.25, -0.2) is 4.39 Å². The minimum absolute atomic E-state index is 0.00265. The van der Waals surface area contributed by atoms with Gasteiger partial charge in [0.25, 0.3) is 5.91 Å². The number of nitrogens with zero attached hydrogens (tertiary/aromatic N) is 1. The molecule has 0 bridgehead atoms. The van der Waals surface area contributed by atoms with E-state index in [1.165, 1.54) is 23.1 Å². The van der Waals surface area contributed by atoms with Crippen LogP contribution in [0.2, 0.25) is 0 Å². The summed E-state index contributed by atoms with van der Waals surface area (Å²) in [5.74, 6) is -1.93. The van der Waals surface area contributed by atoms with Crippen LogP contribution in [0.4, 0.5) is 4.39 Å². The number of likely N-dealkylation sites (tertiary alicyclic amines) is 1. The van der Waals surface area contributed by atoms with Gasteiger partial charge in [-0.15, -0.1) is 0 Å². The lowest BCUT2D eigenvalue weighted by molar-refractivity contribution is -0.150. The number of halogens is 1. The fourth-order valence-corrected chi connectivity index (χ4v) is 2.39. The molecule has 102 valence electrons. The number of hydrogen-bond donors (Lipinski definition) is 1. The summed E-state index contributed by atoms with van der Waals surface area (Å²) in [6.45, 7) is 2.21. The molecule has 1 aliphatic rings. The third-order valence-electron chi connectivity index (χ3n) is 3.60. The number of benzene rings is 1. The molecular formula is C14H16FNO3. The van der Waals surface area contributed by atoms with Crippen LogP contribution < -0.4 is 0 Å². The van der Waals surface area contributed by atoms with E-state index in [9.17, 15) is 19.1 Å². The van der Waals surface area contributed by atoms with Crippen molar-refractivity contribution >= 4 is 11.9 Å². The van der Waals surface area contributed by atoms with Crippen molar-refractivity contribution in [3.8, 4) is 0 Å². The van der Waals surface area contributed by atoms with Crippen LogP contribution >= 0.6 is 0 Å². The average molecular weight is 265 g/mol. The third-order valence-corrected chi connectivity index (χ3v) is 3.60. The smallest absolute Gasteiger partial charge is 0.311 e. The Morgan fingerprint density at radius 3 is 2.68 bits per heavy atom. The average Bonchev–Trinajstić information content (AvgIpc) is 2.38. The van der Waals surface area contributed by atoms with Gasteiger partial charge in [-0.3, -0.25) is 9.59 Å². The lowest BCUT2D eigenvalue weighted by Crippen LogP contribution is -2.48. The Kier molecular flexibility index (Phi) is 3.55. The van der Waals surface area contributed by atoms with Crippen LogP contribution in [-0.2, 0) is 4.79 Å². The van der Waals surface area contributed by atoms with Crippen LogP contribution in [0.15, 0.2) is 24.3 Å². The molecule has 1 aromatic carbocycles. The Morgan fingerprint density at radius 1 is 1.37 bits per heavy atom. The molecule has 1 N–H and O–H groups in total. The third kappa shape index (κ3) is 2.59. The van der Waals surface area contributed by atoms with Crippen molar-refractivity contribution in [3.05, 3.63) is 35.6 Å². The molecule has 0 radical (unpaired) electrons. The molecule has 1 heterocycles. The maximum absolute atomic E-state index is 13.6. The number of piperidine rings is 1. The number of carbonyl (C=O) groups is 2. The lowest BCUT2D eigenvalue weighted by atomic mass is 9.82. The quantitative estimate of drug-likeness (QED) is 0.891. The first-order valence-electron chi connectivity index (χ1n) is 6.21. The molecule has 1 fully saturated rings. The predicted octanol–water partition coefficient (Wildman–Crippen LogP) is 2.15. The summed E-state index contributed by atoms with van der Waals surface area (Å²) in [5, 5.41) is 9.21. The molecule has 0 saturated carbocycles. The first kappa shape index (κ1) is 13.5. The summed E-state index contributed by atoms with van der Waals surface area (Å²) < 4.78 is 13.6. The Hall–Kier alpha value is -1.91. The Labute approximate surface area is 110 Å². The molecule has 0 spiro atoms. The minimum Gasteiger partial charge on any atom is -0.481 e. The number of aliphatic carboxylic acids is 1. The number of carboxylic acids is 1. The van der Waals surface area contributed by atoms with Gasteiger partial charge in [0.2, 0.25) is 0 Å². The molecule has 0 aromatic heterocycles. The summed E-state index contributed by atoms with van der Waals surface area (Å²) in [6, 6.07) is 5.76.